The molecule has 0 aliphatic heterocycles. The van der Waals surface area contributed by atoms with Crippen LogP contribution in [-0.4, -0.2) is 39.7 Å². The van der Waals surface area contributed by atoms with E-state index >= 15 is 0 Å². The molecule has 24 heavy (non-hydrogen) atoms. The summed E-state index contributed by atoms with van der Waals surface area (Å²) in [5, 5.41) is 4.74. The van der Waals surface area contributed by atoms with Crippen LogP contribution < -0.4 is 4.74 Å². The zero-order chi connectivity index (χ0) is 17.1. The molecule has 0 saturated heterocycles. The number of nitrogens with zero attached hydrogens (tertiary/aromatic N) is 4. The Morgan fingerprint density at radius 2 is 1.96 bits per heavy atom. The Labute approximate surface area is 142 Å². The normalized spacial score (nSPS) is 11.4. The number of aryl methyl sites for hydroxylation is 1. The molecule has 0 unspecified atom stereocenters. The van der Waals surface area contributed by atoms with Crippen LogP contribution in [0, 0.1) is 6.92 Å². The number of imidazole rings is 1. The van der Waals surface area contributed by atoms with E-state index in [1.54, 1.807) is 7.11 Å². The molecular weight excluding hydrogens is 300 g/mol. The van der Waals surface area contributed by atoms with Crippen molar-refractivity contribution in [3.05, 3.63) is 47.8 Å². The van der Waals surface area contributed by atoms with Crippen LogP contribution >= 0.6 is 0 Å². The molecule has 0 saturated carbocycles. The number of ether oxygens (including phenoxy) is 1. The van der Waals surface area contributed by atoms with E-state index in [2.05, 4.69) is 31.7 Å². The van der Waals surface area contributed by atoms with Crippen LogP contribution in [0.15, 0.2) is 36.5 Å². The zero-order valence-corrected chi connectivity index (χ0v) is 14.8. The predicted molar refractivity (Wildman–Crippen MR) is 96.3 cm³/mol. The molecule has 0 radical (unpaired) electrons. The molecule has 0 fully saturated rings. The van der Waals surface area contributed by atoms with Crippen molar-refractivity contribution < 1.29 is 4.74 Å². The molecule has 3 rings (SSSR count). The largest absolute Gasteiger partial charge is 0.497 e. The molecule has 2 aromatic heterocycles. The average Bonchev–Trinajstić information content (AvgIpc) is 3.03. The van der Waals surface area contributed by atoms with Gasteiger partial charge < -0.3 is 4.74 Å². The SMILES string of the molecule is CCN(CC)Cc1cn2nc(-c3cccc(OC)c3)cc(C)c2n1. The summed E-state index contributed by atoms with van der Waals surface area (Å²) in [5.74, 6) is 0.833. The molecule has 2 heterocycles. The van der Waals surface area contributed by atoms with Gasteiger partial charge in [-0.2, -0.15) is 5.10 Å². The standard InChI is InChI=1S/C19H24N4O/c1-5-22(6-2)12-16-13-23-19(20-16)14(3)10-18(21-23)15-8-7-9-17(11-15)24-4/h7-11,13H,5-6,12H2,1-4H3. The first kappa shape index (κ1) is 16.5. The van der Waals surface area contributed by atoms with Crippen molar-refractivity contribution in [3.63, 3.8) is 0 Å². The molecule has 0 atom stereocenters. The first-order valence-corrected chi connectivity index (χ1v) is 8.37. The Bertz CT molecular complexity index is 836. The summed E-state index contributed by atoms with van der Waals surface area (Å²) < 4.78 is 7.21. The Balaban J connectivity index is 2.00. The quantitative estimate of drug-likeness (QED) is 0.695. The highest BCUT2D eigenvalue weighted by Gasteiger charge is 2.11. The van der Waals surface area contributed by atoms with Crippen molar-refractivity contribution in [2.24, 2.45) is 0 Å². The first-order chi connectivity index (χ1) is 11.6. The molecule has 0 amide bonds. The number of benzene rings is 1. The third-order valence-corrected chi connectivity index (χ3v) is 4.30. The Hall–Kier alpha value is -2.40. The number of aromatic nitrogens is 3. The Morgan fingerprint density at radius 3 is 2.67 bits per heavy atom. The van der Waals surface area contributed by atoms with E-state index in [1.807, 2.05) is 35.0 Å². The number of rotatable bonds is 6. The van der Waals surface area contributed by atoms with Gasteiger partial charge in [0.1, 0.15) is 5.75 Å². The van der Waals surface area contributed by atoms with Crippen molar-refractivity contribution in [2.45, 2.75) is 27.3 Å². The maximum Gasteiger partial charge on any atom is 0.156 e. The second-order valence-electron chi connectivity index (χ2n) is 5.91. The maximum absolute atomic E-state index is 5.31. The van der Waals surface area contributed by atoms with Crippen LogP contribution in [-0.2, 0) is 6.54 Å². The highest BCUT2D eigenvalue weighted by molar-refractivity contribution is 5.64. The molecule has 3 aromatic rings. The Kier molecular flexibility index (Phi) is 4.81. The summed E-state index contributed by atoms with van der Waals surface area (Å²) in [5.41, 5.74) is 5.05. The fraction of sp³-hybridized carbons (Fsp3) is 0.368. The average molecular weight is 324 g/mol. The Morgan fingerprint density at radius 1 is 1.17 bits per heavy atom. The molecule has 0 bridgehead atoms. The lowest BCUT2D eigenvalue weighted by Crippen LogP contribution is -2.22. The van der Waals surface area contributed by atoms with Crippen LogP contribution in [0.5, 0.6) is 5.75 Å². The maximum atomic E-state index is 5.31. The van der Waals surface area contributed by atoms with Gasteiger partial charge in [0.05, 0.1) is 24.7 Å². The van der Waals surface area contributed by atoms with E-state index in [9.17, 15) is 0 Å². The molecule has 0 aliphatic rings. The third-order valence-electron chi connectivity index (χ3n) is 4.30. The minimum absolute atomic E-state index is 0.833. The van der Waals surface area contributed by atoms with E-state index in [1.165, 1.54) is 0 Å². The number of methoxy groups -OCH3 is 1. The summed E-state index contributed by atoms with van der Waals surface area (Å²) >= 11 is 0. The van der Waals surface area contributed by atoms with E-state index in [0.29, 0.717) is 0 Å². The summed E-state index contributed by atoms with van der Waals surface area (Å²) in [4.78, 5) is 7.10. The van der Waals surface area contributed by atoms with Gasteiger partial charge in [0.15, 0.2) is 5.65 Å². The van der Waals surface area contributed by atoms with E-state index in [-0.39, 0.29) is 0 Å². The number of hydrogen-bond donors (Lipinski definition) is 0. The molecule has 5 nitrogen and oxygen atoms in total. The fourth-order valence-corrected chi connectivity index (χ4v) is 2.85. The summed E-state index contributed by atoms with van der Waals surface area (Å²) in [6.45, 7) is 9.31. The van der Waals surface area contributed by atoms with Crippen LogP contribution in [0.2, 0.25) is 0 Å². The smallest absolute Gasteiger partial charge is 0.156 e. The topological polar surface area (TPSA) is 42.7 Å². The molecule has 0 spiro atoms. The number of hydrogen-bond acceptors (Lipinski definition) is 4. The lowest BCUT2D eigenvalue weighted by molar-refractivity contribution is 0.293. The lowest BCUT2D eigenvalue weighted by atomic mass is 10.1. The molecule has 0 N–H and O–H groups in total. The van der Waals surface area contributed by atoms with Gasteiger partial charge in [-0.1, -0.05) is 26.0 Å². The van der Waals surface area contributed by atoms with Gasteiger partial charge in [-0.3, -0.25) is 4.90 Å². The van der Waals surface area contributed by atoms with Crippen LogP contribution in [0.25, 0.3) is 16.9 Å². The van der Waals surface area contributed by atoms with Crippen molar-refractivity contribution >= 4 is 5.65 Å². The van der Waals surface area contributed by atoms with Crippen LogP contribution in [0.4, 0.5) is 0 Å². The number of fused-ring (bicyclic) bond motifs is 1. The molecule has 0 aliphatic carbocycles. The second kappa shape index (κ2) is 7.01. The monoisotopic (exact) mass is 324 g/mol. The van der Waals surface area contributed by atoms with Crippen molar-refractivity contribution in [1.82, 2.24) is 19.5 Å². The second-order valence-corrected chi connectivity index (χ2v) is 5.91. The van der Waals surface area contributed by atoms with Crippen LogP contribution in [0.1, 0.15) is 25.1 Å². The lowest BCUT2D eigenvalue weighted by Gasteiger charge is -2.15. The van der Waals surface area contributed by atoms with Crippen LogP contribution in [0.3, 0.4) is 0 Å². The highest BCUT2D eigenvalue weighted by atomic mass is 16.5. The predicted octanol–water partition coefficient (Wildman–Crippen LogP) is 3.56. The highest BCUT2D eigenvalue weighted by Crippen LogP contribution is 2.24. The molecule has 1 aromatic carbocycles. The summed E-state index contributed by atoms with van der Waals surface area (Å²) in [6.07, 6.45) is 2.03. The minimum atomic E-state index is 0.833. The van der Waals surface area contributed by atoms with E-state index in [4.69, 9.17) is 14.8 Å². The summed E-state index contributed by atoms with van der Waals surface area (Å²) in [6, 6.07) is 10.0. The van der Waals surface area contributed by atoms with Gasteiger partial charge in [0.2, 0.25) is 0 Å². The van der Waals surface area contributed by atoms with Gasteiger partial charge in [-0.25, -0.2) is 9.50 Å². The van der Waals surface area contributed by atoms with E-state index in [0.717, 1.165) is 53.5 Å². The molecular formula is C19H24N4O. The van der Waals surface area contributed by atoms with Gasteiger partial charge in [0.25, 0.3) is 0 Å². The minimum Gasteiger partial charge on any atom is -0.497 e. The van der Waals surface area contributed by atoms with Crippen molar-refractivity contribution in [1.29, 1.82) is 0 Å². The third kappa shape index (κ3) is 3.26. The van der Waals surface area contributed by atoms with Gasteiger partial charge in [0, 0.05) is 12.1 Å². The molecule has 5 heteroatoms. The summed E-state index contributed by atoms with van der Waals surface area (Å²) in [7, 11) is 1.68. The van der Waals surface area contributed by atoms with Gasteiger partial charge in [-0.15, -0.1) is 0 Å². The van der Waals surface area contributed by atoms with Gasteiger partial charge >= 0.3 is 0 Å². The van der Waals surface area contributed by atoms with E-state index < -0.39 is 0 Å². The zero-order valence-electron chi connectivity index (χ0n) is 14.8. The molecule has 126 valence electrons. The van der Waals surface area contributed by atoms with Gasteiger partial charge in [-0.05, 0) is 43.8 Å². The van der Waals surface area contributed by atoms with Crippen molar-refractivity contribution in [2.75, 3.05) is 20.2 Å². The van der Waals surface area contributed by atoms with Crippen molar-refractivity contribution in [3.8, 4) is 17.0 Å². The fourth-order valence-electron chi connectivity index (χ4n) is 2.85. The first-order valence-electron chi connectivity index (χ1n) is 8.37.